The van der Waals surface area contributed by atoms with Crippen LogP contribution in [0.3, 0.4) is 0 Å². The van der Waals surface area contributed by atoms with Crippen LogP contribution in [0.4, 0.5) is 6.01 Å². The van der Waals surface area contributed by atoms with Gasteiger partial charge in [0.2, 0.25) is 5.89 Å². The Morgan fingerprint density at radius 3 is 2.39 bits per heavy atom. The largest absolute Gasteiger partial charge is 0.408 e. The van der Waals surface area contributed by atoms with E-state index in [2.05, 4.69) is 15.5 Å². The van der Waals surface area contributed by atoms with Crippen LogP contribution in [-0.2, 0) is 17.6 Å². The Bertz CT molecular complexity index is 1230. The van der Waals surface area contributed by atoms with E-state index in [1.54, 1.807) is 0 Å². The van der Waals surface area contributed by atoms with Crippen molar-refractivity contribution in [2.45, 2.75) is 19.0 Å². The molecule has 0 saturated heterocycles. The van der Waals surface area contributed by atoms with Crippen LogP contribution in [0.1, 0.15) is 28.1 Å². The summed E-state index contributed by atoms with van der Waals surface area (Å²) in [7, 11) is 0. The van der Waals surface area contributed by atoms with Crippen LogP contribution in [0.2, 0.25) is 0 Å². The molecule has 6 heteroatoms. The summed E-state index contributed by atoms with van der Waals surface area (Å²) in [6.45, 7) is 0. The molecule has 152 valence electrons. The van der Waals surface area contributed by atoms with Crippen molar-refractivity contribution >= 4 is 17.5 Å². The highest BCUT2D eigenvalue weighted by atomic mass is 16.4. The topological polar surface area (TPSA) is 80.4 Å². The first kappa shape index (κ1) is 18.9. The van der Waals surface area contributed by atoms with Gasteiger partial charge in [-0.1, -0.05) is 90.0 Å². The predicted octanol–water partition coefficient (Wildman–Crippen LogP) is 4.06. The molecule has 1 atom stereocenters. The number of ketones is 1. The number of hydrogen-bond acceptors (Lipinski definition) is 6. The van der Waals surface area contributed by atoms with Crippen molar-refractivity contribution in [3.05, 3.63) is 113 Å². The number of hydrogen-bond donors (Lipinski definition) is 1. The van der Waals surface area contributed by atoms with Crippen LogP contribution in [0, 0.1) is 0 Å². The molecule has 0 spiro atoms. The fourth-order valence-corrected chi connectivity index (χ4v) is 3.67. The lowest BCUT2D eigenvalue weighted by molar-refractivity contribution is -0.119. The van der Waals surface area contributed by atoms with Crippen molar-refractivity contribution in [3.63, 3.8) is 0 Å². The molecule has 1 aliphatic heterocycles. The minimum Gasteiger partial charge on any atom is -0.408 e. The number of Topliss-reactive ketones (excluding diaryl/α,β-unsaturated/α-hetero) is 1. The van der Waals surface area contributed by atoms with Gasteiger partial charge in [0.05, 0.1) is 12.1 Å². The van der Waals surface area contributed by atoms with E-state index in [0.717, 1.165) is 28.0 Å². The van der Waals surface area contributed by atoms with Crippen LogP contribution >= 0.6 is 0 Å². The van der Waals surface area contributed by atoms with Gasteiger partial charge in [-0.15, -0.1) is 5.10 Å². The third kappa shape index (κ3) is 4.14. The molecule has 1 N–H and O–H groups in total. The first-order valence-corrected chi connectivity index (χ1v) is 10.1. The molecule has 1 aliphatic rings. The molecule has 0 radical (unpaired) electrons. The van der Waals surface area contributed by atoms with Crippen molar-refractivity contribution in [1.29, 1.82) is 0 Å². The first-order chi connectivity index (χ1) is 15.3. The number of nitrogens with one attached hydrogen (secondary N) is 1. The monoisotopic (exact) mass is 408 g/mol. The van der Waals surface area contributed by atoms with Crippen LogP contribution in [0.25, 0.3) is 0 Å². The van der Waals surface area contributed by atoms with Crippen molar-refractivity contribution in [3.8, 4) is 0 Å². The van der Waals surface area contributed by atoms with Gasteiger partial charge < -0.3 is 9.73 Å². The lowest BCUT2D eigenvalue weighted by Gasteiger charge is -2.11. The maximum atomic E-state index is 13.0. The van der Waals surface area contributed by atoms with Crippen molar-refractivity contribution in [2.24, 2.45) is 4.99 Å². The molecule has 0 bridgehead atoms. The lowest BCUT2D eigenvalue weighted by atomic mass is 9.96. The Morgan fingerprint density at radius 1 is 0.871 bits per heavy atom. The second-order valence-corrected chi connectivity index (χ2v) is 7.35. The van der Waals surface area contributed by atoms with Gasteiger partial charge in [0.15, 0.2) is 11.9 Å². The quantitative estimate of drug-likeness (QED) is 0.539. The molecule has 0 unspecified atom stereocenters. The number of aromatic nitrogens is 2. The maximum Gasteiger partial charge on any atom is 0.317 e. The number of benzene rings is 3. The fourth-order valence-electron chi connectivity index (χ4n) is 3.67. The van der Waals surface area contributed by atoms with Gasteiger partial charge in [-0.05, 0) is 11.1 Å². The number of fused-ring (bicyclic) bond motifs is 1. The van der Waals surface area contributed by atoms with Crippen LogP contribution in [-0.4, -0.2) is 27.9 Å². The zero-order valence-corrected chi connectivity index (χ0v) is 16.7. The van der Waals surface area contributed by atoms with E-state index in [0.29, 0.717) is 12.3 Å². The van der Waals surface area contributed by atoms with Gasteiger partial charge in [-0.2, -0.15) is 0 Å². The van der Waals surface area contributed by atoms with Crippen molar-refractivity contribution in [2.75, 3.05) is 5.32 Å². The van der Waals surface area contributed by atoms with Gasteiger partial charge in [0.25, 0.3) is 0 Å². The van der Waals surface area contributed by atoms with Gasteiger partial charge in [-0.25, -0.2) is 0 Å². The number of anilines is 1. The maximum absolute atomic E-state index is 13.0. The molecule has 0 saturated carbocycles. The highest BCUT2D eigenvalue weighted by Gasteiger charge is 2.27. The highest BCUT2D eigenvalue weighted by Crippen LogP contribution is 2.22. The first-order valence-electron chi connectivity index (χ1n) is 10.1. The zero-order valence-electron chi connectivity index (χ0n) is 16.7. The lowest BCUT2D eigenvalue weighted by Crippen LogP contribution is -2.29. The Kier molecular flexibility index (Phi) is 5.10. The van der Waals surface area contributed by atoms with Crippen LogP contribution in [0.15, 0.2) is 94.3 Å². The number of rotatable bonds is 5. The van der Waals surface area contributed by atoms with Crippen molar-refractivity contribution < 1.29 is 9.21 Å². The third-order valence-electron chi connectivity index (χ3n) is 5.17. The van der Waals surface area contributed by atoms with Crippen molar-refractivity contribution in [1.82, 2.24) is 10.2 Å². The zero-order chi connectivity index (χ0) is 21.0. The number of nitrogens with zero attached hydrogens (tertiary/aromatic N) is 3. The van der Waals surface area contributed by atoms with E-state index in [9.17, 15) is 4.79 Å². The third-order valence-corrected chi connectivity index (χ3v) is 5.17. The number of carbonyl (C=O) groups is 1. The summed E-state index contributed by atoms with van der Waals surface area (Å²) in [6, 6.07) is 27.8. The second kappa shape index (κ2) is 8.36. The van der Waals surface area contributed by atoms with Crippen LogP contribution in [0.5, 0.6) is 0 Å². The summed E-state index contributed by atoms with van der Waals surface area (Å²) < 4.78 is 5.74. The molecule has 6 nitrogen and oxygen atoms in total. The van der Waals surface area contributed by atoms with E-state index >= 15 is 0 Å². The summed E-state index contributed by atoms with van der Waals surface area (Å²) in [5, 5.41) is 11.2. The molecule has 5 rings (SSSR count). The smallest absolute Gasteiger partial charge is 0.317 e. The summed E-state index contributed by atoms with van der Waals surface area (Å²) in [6.07, 6.45) is -0.0100. The highest BCUT2D eigenvalue weighted by molar-refractivity contribution is 6.16. The molecule has 3 aromatic carbocycles. The molecule has 0 amide bonds. The molecular formula is C25H20N4O2. The standard InChI is InChI=1S/C25H20N4O2/c30-21-16-19-13-7-8-14-20(19)23(18-11-5-2-6-12-18)26-24(21)27-25-29-28-22(31-25)15-17-9-3-1-4-10-17/h1-14,24H,15-16H2,(H,27,29)/t24-/m1/s1. The van der Waals surface area contributed by atoms with Crippen LogP contribution < -0.4 is 5.32 Å². The summed E-state index contributed by atoms with van der Waals surface area (Å²) in [4.78, 5) is 17.8. The fraction of sp³-hybridized carbons (Fsp3) is 0.120. The van der Waals surface area contributed by atoms with Gasteiger partial charge in [-0.3, -0.25) is 9.79 Å². The van der Waals surface area contributed by atoms with E-state index in [-0.39, 0.29) is 18.2 Å². The summed E-state index contributed by atoms with van der Waals surface area (Å²) in [5.41, 5.74) is 4.70. The van der Waals surface area contributed by atoms with E-state index < -0.39 is 6.17 Å². The molecule has 4 aromatic rings. The van der Waals surface area contributed by atoms with Gasteiger partial charge in [0.1, 0.15) is 0 Å². The Labute approximate surface area is 179 Å². The molecule has 2 heterocycles. The van der Waals surface area contributed by atoms with E-state index in [1.165, 1.54) is 0 Å². The number of aliphatic imine (C=N–C) groups is 1. The Hall–Kier alpha value is -4.06. The average Bonchev–Trinajstić information content (AvgIpc) is 3.19. The normalized spacial score (nSPS) is 15.7. The molecule has 1 aromatic heterocycles. The summed E-state index contributed by atoms with van der Waals surface area (Å²) >= 11 is 0. The summed E-state index contributed by atoms with van der Waals surface area (Å²) in [5.74, 6) is 0.423. The molecule has 0 aliphatic carbocycles. The minimum absolute atomic E-state index is 0.0545. The van der Waals surface area contributed by atoms with Gasteiger partial charge in [0, 0.05) is 17.5 Å². The molecular weight excluding hydrogens is 388 g/mol. The predicted molar refractivity (Wildman–Crippen MR) is 118 cm³/mol. The minimum atomic E-state index is -0.812. The average molecular weight is 408 g/mol. The Balaban J connectivity index is 1.45. The van der Waals surface area contributed by atoms with Gasteiger partial charge >= 0.3 is 6.01 Å². The van der Waals surface area contributed by atoms with E-state index in [4.69, 9.17) is 9.41 Å². The molecule has 31 heavy (non-hydrogen) atoms. The van der Waals surface area contributed by atoms with E-state index in [1.807, 2.05) is 84.9 Å². The second-order valence-electron chi connectivity index (χ2n) is 7.35. The SMILES string of the molecule is O=C1Cc2ccccc2C(c2ccccc2)=N[C@@H]1Nc1nnc(Cc2ccccc2)o1. The Morgan fingerprint density at radius 2 is 1.58 bits per heavy atom. The number of carbonyl (C=O) groups excluding carboxylic acids is 1. The molecule has 0 fully saturated rings.